The van der Waals surface area contributed by atoms with Gasteiger partial charge in [0.05, 0.1) is 19.3 Å². The first-order valence-corrected chi connectivity index (χ1v) is 15.5. The van der Waals surface area contributed by atoms with Gasteiger partial charge in [0.2, 0.25) is 5.82 Å². The molecule has 0 N–H and O–H groups in total. The number of hydrogen-bond donors (Lipinski definition) is 0. The minimum Gasteiger partial charge on any atom is -0.490 e. The van der Waals surface area contributed by atoms with Gasteiger partial charge in [-0.05, 0) is 130 Å². The number of allylic oxidation sites excluding steroid dienone is 2. The van der Waals surface area contributed by atoms with E-state index in [4.69, 9.17) is 9.47 Å². The maximum absolute atomic E-state index is 14.7. The number of rotatable bonds is 8. The molecule has 2 aromatic carbocycles. The molecule has 3 aliphatic rings. The molecule has 0 spiro atoms. The summed E-state index contributed by atoms with van der Waals surface area (Å²) in [5.41, 5.74) is 2.05. The zero-order valence-corrected chi connectivity index (χ0v) is 23.8. The summed E-state index contributed by atoms with van der Waals surface area (Å²) >= 11 is 0. The summed E-state index contributed by atoms with van der Waals surface area (Å²) in [5, 5.41) is 0. The van der Waals surface area contributed by atoms with E-state index in [0.717, 1.165) is 48.7 Å². The Morgan fingerprint density at radius 1 is 0.769 bits per heavy atom. The summed E-state index contributed by atoms with van der Waals surface area (Å²) < 4.78 is 40.9. The van der Waals surface area contributed by atoms with Crippen molar-refractivity contribution in [1.82, 2.24) is 0 Å². The first-order chi connectivity index (χ1) is 19.1. The monoisotopic (exact) mass is 536 g/mol. The largest absolute Gasteiger partial charge is 0.490 e. The van der Waals surface area contributed by atoms with Crippen molar-refractivity contribution >= 4 is 0 Å². The molecule has 1 saturated heterocycles. The van der Waals surface area contributed by atoms with Crippen LogP contribution in [0.25, 0.3) is 11.1 Å². The first-order valence-electron chi connectivity index (χ1n) is 15.5. The molecule has 2 saturated carbocycles. The first kappa shape index (κ1) is 28.3. The zero-order valence-electron chi connectivity index (χ0n) is 23.8. The molecule has 39 heavy (non-hydrogen) atoms. The van der Waals surface area contributed by atoms with Crippen molar-refractivity contribution in [2.24, 2.45) is 29.6 Å². The molecule has 2 atom stereocenters. The number of benzene rings is 2. The van der Waals surface area contributed by atoms with Crippen molar-refractivity contribution < 1.29 is 18.3 Å². The normalized spacial score (nSPS) is 29.9. The molecule has 212 valence electrons. The highest BCUT2D eigenvalue weighted by atomic mass is 19.2. The van der Waals surface area contributed by atoms with Gasteiger partial charge in [0.15, 0.2) is 11.6 Å². The van der Waals surface area contributed by atoms with Crippen LogP contribution in [0.2, 0.25) is 0 Å². The molecule has 0 radical (unpaired) electrons. The number of ether oxygens (including phenoxy) is 2. The molecule has 0 bridgehead atoms. The van der Waals surface area contributed by atoms with E-state index in [1.165, 1.54) is 63.9 Å². The van der Waals surface area contributed by atoms with Crippen LogP contribution < -0.4 is 4.74 Å². The Kier molecular flexibility index (Phi) is 9.76. The van der Waals surface area contributed by atoms with Crippen molar-refractivity contribution in [3.63, 3.8) is 0 Å². The summed E-state index contributed by atoms with van der Waals surface area (Å²) in [7, 11) is 0. The minimum absolute atomic E-state index is 0.0273. The van der Waals surface area contributed by atoms with Crippen molar-refractivity contribution in [3.8, 4) is 16.9 Å². The van der Waals surface area contributed by atoms with Gasteiger partial charge in [0.25, 0.3) is 0 Å². The third-order valence-electron chi connectivity index (χ3n) is 9.84. The van der Waals surface area contributed by atoms with E-state index in [9.17, 15) is 8.78 Å². The van der Waals surface area contributed by atoms with Crippen LogP contribution in [-0.2, 0) is 4.74 Å². The number of hydrogen-bond acceptors (Lipinski definition) is 2. The standard InChI is InChI=1S/C35H46F2O2/c1-3-5-24-6-8-25(9-7-24)26-10-12-27(13-11-26)30-18-20-32(39-23-30)29-16-14-28(15-17-29)31-19-21-33(38-22-4-2)35(37)34(31)36/h3,5,14-17,19,21,24-27,30,32H,4,6-13,18,20,22-23H2,1-2H3. The topological polar surface area (TPSA) is 18.5 Å². The fourth-order valence-corrected chi connectivity index (χ4v) is 7.53. The van der Waals surface area contributed by atoms with Crippen LogP contribution in [0.5, 0.6) is 5.75 Å². The fraction of sp³-hybridized carbons (Fsp3) is 0.600. The Balaban J connectivity index is 1.10. The molecule has 0 aromatic heterocycles. The van der Waals surface area contributed by atoms with Crippen LogP contribution in [0, 0.1) is 41.2 Å². The van der Waals surface area contributed by atoms with Gasteiger partial charge in [-0.3, -0.25) is 0 Å². The highest BCUT2D eigenvalue weighted by molar-refractivity contribution is 5.65. The molecule has 0 amide bonds. The average molecular weight is 537 g/mol. The minimum atomic E-state index is -0.919. The highest BCUT2D eigenvalue weighted by Gasteiger charge is 2.35. The molecular formula is C35H46F2O2. The van der Waals surface area contributed by atoms with Gasteiger partial charge in [-0.1, -0.05) is 43.3 Å². The smallest absolute Gasteiger partial charge is 0.201 e. The second kappa shape index (κ2) is 13.4. The third-order valence-corrected chi connectivity index (χ3v) is 9.84. The summed E-state index contributed by atoms with van der Waals surface area (Å²) in [6.45, 7) is 5.29. The van der Waals surface area contributed by atoms with Gasteiger partial charge in [0.1, 0.15) is 0 Å². The van der Waals surface area contributed by atoms with E-state index in [2.05, 4.69) is 19.1 Å². The highest BCUT2D eigenvalue weighted by Crippen LogP contribution is 2.45. The second-order valence-corrected chi connectivity index (χ2v) is 12.2. The lowest BCUT2D eigenvalue weighted by Crippen LogP contribution is -2.32. The second-order valence-electron chi connectivity index (χ2n) is 12.2. The molecule has 3 fully saturated rings. The van der Waals surface area contributed by atoms with Gasteiger partial charge in [-0.15, -0.1) is 0 Å². The lowest BCUT2D eigenvalue weighted by Gasteiger charge is -2.41. The van der Waals surface area contributed by atoms with Gasteiger partial charge < -0.3 is 9.47 Å². The Bertz CT molecular complexity index is 1070. The number of halogens is 2. The summed E-state index contributed by atoms with van der Waals surface area (Å²) in [4.78, 5) is 0. The predicted octanol–water partition coefficient (Wildman–Crippen LogP) is 10.1. The van der Waals surface area contributed by atoms with E-state index >= 15 is 0 Å². The quantitative estimate of drug-likeness (QED) is 0.313. The van der Waals surface area contributed by atoms with Crippen LogP contribution >= 0.6 is 0 Å². The van der Waals surface area contributed by atoms with Gasteiger partial charge in [-0.25, -0.2) is 4.39 Å². The zero-order chi connectivity index (χ0) is 27.2. The molecule has 1 aliphatic heterocycles. The van der Waals surface area contributed by atoms with Crippen LogP contribution in [0.1, 0.15) is 96.1 Å². The SMILES string of the molecule is CC=CC1CCC(C2CCC(C3CCC(c4ccc(-c5ccc(OCCC)c(F)c5F)cc4)OC3)CC2)CC1. The molecule has 5 rings (SSSR count). The van der Waals surface area contributed by atoms with Gasteiger partial charge >= 0.3 is 0 Å². The summed E-state index contributed by atoms with van der Waals surface area (Å²) in [5.74, 6) is 2.42. The molecule has 4 heteroatoms. The maximum atomic E-state index is 14.7. The lowest BCUT2D eigenvalue weighted by molar-refractivity contribution is -0.0420. The fourth-order valence-electron chi connectivity index (χ4n) is 7.53. The van der Waals surface area contributed by atoms with E-state index < -0.39 is 11.6 Å². The van der Waals surface area contributed by atoms with Gasteiger partial charge in [-0.2, -0.15) is 4.39 Å². The van der Waals surface area contributed by atoms with Crippen LogP contribution in [0.4, 0.5) is 8.78 Å². The van der Waals surface area contributed by atoms with E-state index in [1.54, 1.807) is 6.07 Å². The molecule has 2 unspecified atom stereocenters. The van der Waals surface area contributed by atoms with Crippen molar-refractivity contribution in [2.75, 3.05) is 13.2 Å². The van der Waals surface area contributed by atoms with Crippen molar-refractivity contribution in [3.05, 3.63) is 65.7 Å². The van der Waals surface area contributed by atoms with E-state index in [1.807, 2.05) is 31.2 Å². The van der Waals surface area contributed by atoms with Crippen molar-refractivity contribution in [1.29, 1.82) is 0 Å². The van der Waals surface area contributed by atoms with E-state index in [0.29, 0.717) is 18.1 Å². The Morgan fingerprint density at radius 2 is 1.38 bits per heavy atom. The summed E-state index contributed by atoms with van der Waals surface area (Å²) in [6.07, 6.45) is 18.9. The molecule has 2 nitrogen and oxygen atoms in total. The Labute approximate surface area is 234 Å². The predicted molar refractivity (Wildman–Crippen MR) is 155 cm³/mol. The van der Waals surface area contributed by atoms with Crippen LogP contribution in [0.15, 0.2) is 48.6 Å². The molecule has 1 heterocycles. The molecule has 2 aliphatic carbocycles. The van der Waals surface area contributed by atoms with E-state index in [-0.39, 0.29) is 17.4 Å². The Hall–Kier alpha value is -2.20. The van der Waals surface area contributed by atoms with Crippen molar-refractivity contribution in [2.45, 2.75) is 90.6 Å². The average Bonchev–Trinajstić information content (AvgIpc) is 2.99. The lowest BCUT2D eigenvalue weighted by atomic mass is 9.66. The summed E-state index contributed by atoms with van der Waals surface area (Å²) in [6, 6.07) is 10.9. The maximum Gasteiger partial charge on any atom is 0.201 e. The van der Waals surface area contributed by atoms with Crippen LogP contribution in [0.3, 0.4) is 0 Å². The molecular weight excluding hydrogens is 490 g/mol. The third kappa shape index (κ3) is 6.76. The van der Waals surface area contributed by atoms with Gasteiger partial charge in [0, 0.05) is 5.56 Å². The molecule has 2 aromatic rings. The van der Waals surface area contributed by atoms with Crippen LogP contribution in [-0.4, -0.2) is 13.2 Å². The Morgan fingerprint density at radius 3 is 1.97 bits per heavy atom.